The van der Waals surface area contributed by atoms with E-state index in [1.807, 2.05) is 0 Å². The largest absolute Gasteiger partial charge is 0.454 e. The van der Waals surface area contributed by atoms with Crippen molar-refractivity contribution in [2.45, 2.75) is 0 Å². The third-order valence-electron chi connectivity index (χ3n) is 4.94. The maximum absolute atomic E-state index is 12.9. The van der Waals surface area contributed by atoms with Gasteiger partial charge in [-0.05, 0) is 40.2 Å². The van der Waals surface area contributed by atoms with Crippen molar-refractivity contribution in [3.05, 3.63) is 104 Å². The summed E-state index contributed by atoms with van der Waals surface area (Å²) < 4.78 is 5.25. The second-order valence-corrected chi connectivity index (χ2v) is 7.82. The lowest BCUT2D eigenvalue weighted by Gasteiger charge is -2.15. The monoisotopic (exact) mass is 508 g/mol. The first kappa shape index (κ1) is 22.0. The molecule has 0 atom stereocenters. The summed E-state index contributed by atoms with van der Waals surface area (Å²) in [5, 5.41) is 10.9. The number of fused-ring (bicyclic) bond motifs is 1. The Morgan fingerprint density at radius 2 is 1.61 bits per heavy atom. The van der Waals surface area contributed by atoms with E-state index in [2.05, 4.69) is 15.9 Å². The van der Waals surface area contributed by atoms with Crippen molar-refractivity contribution in [2.75, 3.05) is 11.5 Å². The Hall–Kier alpha value is -4.18. The number of hydrogen-bond donors (Lipinski definition) is 0. The zero-order valence-corrected chi connectivity index (χ0v) is 18.3. The summed E-state index contributed by atoms with van der Waals surface area (Å²) in [7, 11) is 0. The fraction of sp³-hybridized carbons (Fsp3) is 0.0435. The average Bonchev–Trinajstić information content (AvgIpc) is 3.07. The molecule has 3 aromatic rings. The van der Waals surface area contributed by atoms with Crippen LogP contribution < -0.4 is 4.90 Å². The van der Waals surface area contributed by atoms with Gasteiger partial charge < -0.3 is 4.74 Å². The van der Waals surface area contributed by atoms with Crippen LogP contribution in [0.5, 0.6) is 0 Å². The van der Waals surface area contributed by atoms with Gasteiger partial charge in [-0.15, -0.1) is 0 Å². The Bertz CT molecular complexity index is 1340. The van der Waals surface area contributed by atoms with Gasteiger partial charge in [-0.1, -0.05) is 30.3 Å². The Balaban J connectivity index is 1.54. The van der Waals surface area contributed by atoms with Crippen LogP contribution in [-0.4, -0.2) is 35.1 Å². The molecule has 4 rings (SSSR count). The van der Waals surface area contributed by atoms with E-state index in [0.29, 0.717) is 5.56 Å². The molecule has 1 aliphatic rings. The summed E-state index contributed by atoms with van der Waals surface area (Å²) in [5.74, 6) is -2.54. The third kappa shape index (κ3) is 4.15. The molecule has 0 fully saturated rings. The first-order chi connectivity index (χ1) is 15.8. The molecule has 33 heavy (non-hydrogen) atoms. The van der Waals surface area contributed by atoms with Gasteiger partial charge >= 0.3 is 5.97 Å². The first-order valence-electron chi connectivity index (χ1n) is 9.50. The second kappa shape index (κ2) is 8.75. The first-order valence-corrected chi connectivity index (χ1v) is 10.3. The molecule has 0 spiro atoms. The number of nitro groups is 1. The minimum absolute atomic E-state index is 0.000349. The fourth-order valence-corrected chi connectivity index (χ4v) is 3.84. The number of rotatable bonds is 6. The van der Waals surface area contributed by atoms with E-state index in [9.17, 15) is 29.3 Å². The number of Topliss-reactive ketones (excluding diaryl/α,β-unsaturated/α-hetero) is 1. The Morgan fingerprint density at radius 1 is 0.909 bits per heavy atom. The highest BCUT2D eigenvalue weighted by atomic mass is 79.9. The molecule has 3 aromatic carbocycles. The second-order valence-electron chi connectivity index (χ2n) is 6.96. The number of hydrogen-bond acceptors (Lipinski definition) is 7. The number of anilines is 1. The van der Waals surface area contributed by atoms with Gasteiger partial charge in [0.2, 0.25) is 0 Å². The topological polar surface area (TPSA) is 124 Å². The van der Waals surface area contributed by atoms with Gasteiger partial charge in [-0.25, -0.2) is 9.69 Å². The summed E-state index contributed by atoms with van der Waals surface area (Å²) in [5.41, 5.74) is 0.364. The molecular weight excluding hydrogens is 496 g/mol. The molecule has 9 nitrogen and oxygen atoms in total. The van der Waals surface area contributed by atoms with Crippen LogP contribution >= 0.6 is 15.9 Å². The number of ether oxygens (including phenoxy) is 1. The van der Waals surface area contributed by atoms with E-state index in [1.165, 1.54) is 36.4 Å². The molecule has 1 aliphatic heterocycles. The van der Waals surface area contributed by atoms with Crippen molar-refractivity contribution in [3.8, 4) is 0 Å². The molecule has 0 bridgehead atoms. The van der Waals surface area contributed by atoms with Gasteiger partial charge in [0.15, 0.2) is 12.4 Å². The summed E-state index contributed by atoms with van der Waals surface area (Å²) in [6.45, 7) is -0.478. The van der Waals surface area contributed by atoms with Crippen molar-refractivity contribution in [1.82, 2.24) is 0 Å². The number of amides is 2. The van der Waals surface area contributed by atoms with Crippen molar-refractivity contribution >= 4 is 50.9 Å². The van der Waals surface area contributed by atoms with Gasteiger partial charge in [0.05, 0.1) is 27.3 Å². The lowest BCUT2D eigenvalue weighted by atomic mass is 10.1. The average molecular weight is 509 g/mol. The predicted octanol–water partition coefficient (Wildman–Crippen LogP) is 4.20. The molecule has 0 saturated heterocycles. The maximum Gasteiger partial charge on any atom is 0.338 e. The number of nitrogens with zero attached hydrogens (tertiary/aromatic N) is 2. The van der Waals surface area contributed by atoms with E-state index in [-0.39, 0.29) is 38.3 Å². The number of non-ortho nitro benzene ring substituents is 1. The van der Waals surface area contributed by atoms with Gasteiger partial charge in [0, 0.05) is 22.2 Å². The number of imide groups is 1. The van der Waals surface area contributed by atoms with Gasteiger partial charge in [0.1, 0.15) is 0 Å². The van der Waals surface area contributed by atoms with Gasteiger partial charge in [0.25, 0.3) is 17.5 Å². The lowest BCUT2D eigenvalue weighted by Crippen LogP contribution is -2.29. The molecule has 0 radical (unpaired) electrons. The number of benzene rings is 3. The van der Waals surface area contributed by atoms with E-state index in [0.717, 1.165) is 4.90 Å². The van der Waals surface area contributed by atoms with Crippen LogP contribution in [0, 0.1) is 10.1 Å². The molecular formula is C23H13BrN2O7. The molecule has 10 heteroatoms. The summed E-state index contributed by atoms with van der Waals surface area (Å²) >= 11 is 3.16. The fourth-order valence-electron chi connectivity index (χ4n) is 3.30. The highest BCUT2D eigenvalue weighted by Gasteiger charge is 2.38. The van der Waals surface area contributed by atoms with Gasteiger partial charge in [-0.2, -0.15) is 0 Å². The van der Waals surface area contributed by atoms with Crippen molar-refractivity contribution < 1.29 is 28.8 Å². The molecule has 2 amide bonds. The lowest BCUT2D eigenvalue weighted by molar-refractivity contribution is -0.384. The Kier molecular flexibility index (Phi) is 5.84. The number of nitro benzene ring substituents is 1. The zero-order valence-electron chi connectivity index (χ0n) is 16.7. The van der Waals surface area contributed by atoms with Crippen LogP contribution in [0.3, 0.4) is 0 Å². The number of esters is 1. The standard InChI is InChI=1S/C23H13BrN2O7/c24-18-11-15(26(31)32)7-9-19(18)25-21(28)16-8-6-14(10-17(16)22(25)29)23(30)33-12-20(27)13-4-2-1-3-5-13/h1-11H,12H2. The highest BCUT2D eigenvalue weighted by Crippen LogP contribution is 2.35. The zero-order chi connectivity index (χ0) is 23.7. The summed E-state index contributed by atoms with van der Waals surface area (Å²) in [6, 6.07) is 15.9. The molecule has 164 valence electrons. The van der Waals surface area contributed by atoms with E-state index >= 15 is 0 Å². The quantitative estimate of drug-likeness (QED) is 0.160. The minimum Gasteiger partial charge on any atom is -0.454 e. The molecule has 0 aliphatic carbocycles. The summed E-state index contributed by atoms with van der Waals surface area (Å²) in [6.07, 6.45) is 0. The van der Waals surface area contributed by atoms with E-state index < -0.39 is 29.3 Å². The molecule has 0 unspecified atom stereocenters. The third-order valence-corrected chi connectivity index (χ3v) is 5.57. The molecule has 0 aromatic heterocycles. The smallest absolute Gasteiger partial charge is 0.338 e. The number of carbonyl (C=O) groups excluding carboxylic acids is 4. The highest BCUT2D eigenvalue weighted by molar-refractivity contribution is 9.10. The Labute approximate surface area is 194 Å². The van der Waals surface area contributed by atoms with Crippen molar-refractivity contribution in [3.63, 3.8) is 0 Å². The van der Waals surface area contributed by atoms with Crippen molar-refractivity contribution in [1.29, 1.82) is 0 Å². The van der Waals surface area contributed by atoms with E-state index in [4.69, 9.17) is 4.74 Å². The van der Waals surface area contributed by atoms with E-state index in [1.54, 1.807) is 30.3 Å². The van der Waals surface area contributed by atoms with Crippen LogP contribution in [-0.2, 0) is 4.74 Å². The van der Waals surface area contributed by atoms with Crippen LogP contribution in [0.25, 0.3) is 0 Å². The normalized spacial score (nSPS) is 12.5. The number of halogens is 1. The van der Waals surface area contributed by atoms with Crippen molar-refractivity contribution in [2.24, 2.45) is 0 Å². The van der Waals surface area contributed by atoms with Crippen LogP contribution in [0.2, 0.25) is 0 Å². The van der Waals surface area contributed by atoms with Crippen LogP contribution in [0.15, 0.2) is 71.2 Å². The predicted molar refractivity (Wildman–Crippen MR) is 119 cm³/mol. The number of ketones is 1. The van der Waals surface area contributed by atoms with Crippen LogP contribution in [0.1, 0.15) is 41.4 Å². The minimum atomic E-state index is -0.822. The Morgan fingerprint density at radius 3 is 2.27 bits per heavy atom. The molecule has 0 saturated carbocycles. The SMILES string of the molecule is O=C(COC(=O)c1ccc2c(c1)C(=O)N(c1ccc([N+](=O)[O-])cc1Br)C2=O)c1ccccc1. The molecule has 0 N–H and O–H groups in total. The maximum atomic E-state index is 12.9. The van der Waals surface area contributed by atoms with Gasteiger partial charge in [-0.3, -0.25) is 24.5 Å². The van der Waals surface area contributed by atoms with Crippen LogP contribution in [0.4, 0.5) is 11.4 Å². The molecule has 1 heterocycles. The number of carbonyl (C=O) groups is 4. The summed E-state index contributed by atoms with van der Waals surface area (Å²) in [4.78, 5) is 61.5.